The van der Waals surface area contributed by atoms with E-state index >= 15 is 0 Å². The van der Waals surface area contributed by atoms with Crippen LogP contribution in [0, 0.1) is 5.92 Å². The van der Waals surface area contributed by atoms with Crippen LogP contribution in [0.2, 0.25) is 0 Å². The maximum atomic E-state index is 6.09. The first-order valence-corrected chi connectivity index (χ1v) is 7.50. The number of nitrogens with zero attached hydrogens (tertiary/aromatic N) is 1. The minimum atomic E-state index is 0.237. The normalized spacial score (nSPS) is 19.9. The average molecular weight is 240 g/mol. The lowest BCUT2D eigenvalue weighted by Gasteiger charge is -2.42. The van der Waals surface area contributed by atoms with Gasteiger partial charge in [0.1, 0.15) is 0 Å². The summed E-state index contributed by atoms with van der Waals surface area (Å²) < 4.78 is 0. The lowest BCUT2D eigenvalue weighted by Crippen LogP contribution is -2.53. The second kappa shape index (κ2) is 6.75. The number of rotatable bonds is 9. The quantitative estimate of drug-likeness (QED) is 0.669. The van der Waals surface area contributed by atoms with Crippen molar-refractivity contribution in [3.8, 4) is 0 Å². The number of hydrogen-bond donors (Lipinski definition) is 1. The fourth-order valence-electron chi connectivity index (χ4n) is 2.57. The van der Waals surface area contributed by atoms with Crippen LogP contribution in [-0.2, 0) is 0 Å². The monoisotopic (exact) mass is 240 g/mol. The summed E-state index contributed by atoms with van der Waals surface area (Å²) in [5, 5.41) is 0. The van der Waals surface area contributed by atoms with E-state index in [1.54, 1.807) is 0 Å². The van der Waals surface area contributed by atoms with Gasteiger partial charge in [-0.15, -0.1) is 0 Å². The third kappa shape index (κ3) is 4.59. The molecule has 1 unspecified atom stereocenters. The first-order valence-electron chi connectivity index (χ1n) is 7.50. The predicted octanol–water partition coefficient (Wildman–Crippen LogP) is 3.40. The Hall–Kier alpha value is -0.0800. The summed E-state index contributed by atoms with van der Waals surface area (Å²) in [6, 6.07) is 0.835. The SMILES string of the molecule is CCCCN(C1CC1)C(C)(CN)CCC(C)C. The van der Waals surface area contributed by atoms with Gasteiger partial charge >= 0.3 is 0 Å². The van der Waals surface area contributed by atoms with Crippen molar-refractivity contribution in [3.63, 3.8) is 0 Å². The van der Waals surface area contributed by atoms with E-state index in [4.69, 9.17) is 5.73 Å². The summed E-state index contributed by atoms with van der Waals surface area (Å²) in [4.78, 5) is 2.72. The summed E-state index contributed by atoms with van der Waals surface area (Å²) in [6.07, 6.45) is 7.92. The number of unbranched alkanes of at least 4 members (excludes halogenated alkanes) is 1. The van der Waals surface area contributed by atoms with Gasteiger partial charge in [-0.3, -0.25) is 4.90 Å². The van der Waals surface area contributed by atoms with E-state index in [1.807, 2.05) is 0 Å². The van der Waals surface area contributed by atoms with Gasteiger partial charge in [-0.2, -0.15) is 0 Å². The number of nitrogens with two attached hydrogens (primary N) is 1. The van der Waals surface area contributed by atoms with Crippen LogP contribution in [-0.4, -0.2) is 29.6 Å². The third-order valence-electron chi connectivity index (χ3n) is 4.13. The van der Waals surface area contributed by atoms with Crippen molar-refractivity contribution >= 4 is 0 Å². The van der Waals surface area contributed by atoms with E-state index in [9.17, 15) is 0 Å². The molecule has 2 heteroatoms. The fourth-order valence-corrected chi connectivity index (χ4v) is 2.57. The van der Waals surface area contributed by atoms with Crippen molar-refractivity contribution in [1.82, 2.24) is 4.90 Å². The van der Waals surface area contributed by atoms with Gasteiger partial charge in [0.05, 0.1) is 0 Å². The molecule has 17 heavy (non-hydrogen) atoms. The van der Waals surface area contributed by atoms with Crippen molar-refractivity contribution in [3.05, 3.63) is 0 Å². The highest BCUT2D eigenvalue weighted by atomic mass is 15.2. The predicted molar refractivity (Wildman–Crippen MR) is 76.2 cm³/mol. The molecule has 1 aliphatic rings. The first kappa shape index (κ1) is 15.0. The lowest BCUT2D eigenvalue weighted by molar-refractivity contribution is 0.0849. The van der Waals surface area contributed by atoms with Gasteiger partial charge in [-0.05, 0) is 51.5 Å². The molecule has 1 aliphatic carbocycles. The van der Waals surface area contributed by atoms with Crippen LogP contribution in [0.3, 0.4) is 0 Å². The zero-order valence-corrected chi connectivity index (χ0v) is 12.3. The largest absolute Gasteiger partial charge is 0.329 e. The summed E-state index contributed by atoms with van der Waals surface area (Å²) in [6.45, 7) is 11.3. The maximum absolute atomic E-state index is 6.09. The van der Waals surface area contributed by atoms with Crippen molar-refractivity contribution in [1.29, 1.82) is 0 Å². The standard InChI is InChI=1S/C15H32N2/c1-5-6-11-17(14-7-8-14)15(4,12-16)10-9-13(2)3/h13-14H,5-12,16H2,1-4H3. The topological polar surface area (TPSA) is 29.3 Å². The molecule has 1 rings (SSSR count). The van der Waals surface area contributed by atoms with Crippen LogP contribution >= 0.6 is 0 Å². The minimum Gasteiger partial charge on any atom is -0.329 e. The summed E-state index contributed by atoms with van der Waals surface area (Å²) >= 11 is 0. The molecule has 0 aromatic rings. The Kier molecular flexibility index (Phi) is 5.94. The van der Waals surface area contributed by atoms with E-state index < -0.39 is 0 Å². The molecule has 0 aromatic heterocycles. The highest BCUT2D eigenvalue weighted by Gasteiger charge is 2.39. The van der Waals surface area contributed by atoms with Gasteiger partial charge < -0.3 is 5.73 Å². The zero-order valence-electron chi connectivity index (χ0n) is 12.3. The van der Waals surface area contributed by atoms with Crippen LogP contribution in [0.5, 0.6) is 0 Å². The van der Waals surface area contributed by atoms with Gasteiger partial charge in [0.2, 0.25) is 0 Å². The molecule has 1 atom stereocenters. The highest BCUT2D eigenvalue weighted by Crippen LogP contribution is 2.35. The lowest BCUT2D eigenvalue weighted by atomic mass is 9.89. The molecule has 1 fully saturated rings. The Bertz CT molecular complexity index is 211. The molecule has 0 spiro atoms. The van der Waals surface area contributed by atoms with Crippen LogP contribution in [0.15, 0.2) is 0 Å². The fraction of sp³-hybridized carbons (Fsp3) is 1.00. The second-order valence-corrected chi connectivity index (χ2v) is 6.41. The molecular weight excluding hydrogens is 208 g/mol. The molecular formula is C15H32N2. The van der Waals surface area contributed by atoms with Gasteiger partial charge in [0, 0.05) is 18.1 Å². The highest BCUT2D eigenvalue weighted by molar-refractivity contribution is 4.96. The van der Waals surface area contributed by atoms with Crippen molar-refractivity contribution in [2.24, 2.45) is 11.7 Å². The summed E-state index contributed by atoms with van der Waals surface area (Å²) in [5.74, 6) is 0.785. The van der Waals surface area contributed by atoms with E-state index in [1.165, 1.54) is 45.1 Å². The molecule has 2 nitrogen and oxygen atoms in total. The average Bonchev–Trinajstić information content (AvgIpc) is 3.11. The minimum absolute atomic E-state index is 0.237. The van der Waals surface area contributed by atoms with Gasteiger partial charge in [0.15, 0.2) is 0 Å². The number of hydrogen-bond acceptors (Lipinski definition) is 2. The smallest absolute Gasteiger partial charge is 0.0306 e. The Balaban J connectivity index is 2.57. The van der Waals surface area contributed by atoms with E-state index in [2.05, 4.69) is 32.6 Å². The molecule has 2 N–H and O–H groups in total. The zero-order chi connectivity index (χ0) is 12.9. The second-order valence-electron chi connectivity index (χ2n) is 6.41. The van der Waals surface area contributed by atoms with Gasteiger partial charge in [-0.25, -0.2) is 0 Å². The molecule has 0 radical (unpaired) electrons. The Morgan fingerprint density at radius 3 is 2.41 bits per heavy atom. The Morgan fingerprint density at radius 2 is 2.00 bits per heavy atom. The third-order valence-corrected chi connectivity index (χ3v) is 4.13. The van der Waals surface area contributed by atoms with Crippen LogP contribution in [0.25, 0.3) is 0 Å². The molecule has 0 aromatic carbocycles. The molecule has 1 saturated carbocycles. The van der Waals surface area contributed by atoms with E-state index in [0.29, 0.717) is 0 Å². The van der Waals surface area contributed by atoms with E-state index in [-0.39, 0.29) is 5.54 Å². The molecule has 0 aliphatic heterocycles. The van der Waals surface area contributed by atoms with Crippen LogP contribution in [0.4, 0.5) is 0 Å². The van der Waals surface area contributed by atoms with Crippen LogP contribution in [0.1, 0.15) is 66.2 Å². The molecule has 0 bridgehead atoms. The summed E-state index contributed by atoms with van der Waals surface area (Å²) in [5.41, 5.74) is 6.33. The first-order chi connectivity index (χ1) is 8.03. The van der Waals surface area contributed by atoms with Crippen molar-refractivity contribution in [2.45, 2.75) is 77.8 Å². The molecule has 102 valence electrons. The van der Waals surface area contributed by atoms with Crippen molar-refractivity contribution < 1.29 is 0 Å². The molecule has 0 amide bonds. The maximum Gasteiger partial charge on any atom is 0.0306 e. The Morgan fingerprint density at radius 1 is 1.35 bits per heavy atom. The molecule has 0 heterocycles. The summed E-state index contributed by atoms with van der Waals surface area (Å²) in [7, 11) is 0. The Labute approximate surface area is 108 Å². The van der Waals surface area contributed by atoms with Gasteiger partial charge in [-0.1, -0.05) is 27.2 Å². The van der Waals surface area contributed by atoms with Crippen LogP contribution < -0.4 is 5.73 Å². The van der Waals surface area contributed by atoms with E-state index in [0.717, 1.165) is 18.5 Å². The molecule has 0 saturated heterocycles. The van der Waals surface area contributed by atoms with Crippen molar-refractivity contribution in [2.75, 3.05) is 13.1 Å². The van der Waals surface area contributed by atoms with Gasteiger partial charge in [0.25, 0.3) is 0 Å².